The highest BCUT2D eigenvalue weighted by Crippen LogP contribution is 2.26. The van der Waals surface area contributed by atoms with Gasteiger partial charge in [-0.1, -0.05) is 38.0 Å². The van der Waals surface area contributed by atoms with Crippen LogP contribution in [0.5, 0.6) is 0 Å². The Labute approximate surface area is 186 Å². The van der Waals surface area contributed by atoms with Crippen molar-refractivity contribution in [2.24, 2.45) is 0 Å². The molecular weight excluding hydrogens is 394 g/mol. The lowest BCUT2D eigenvalue weighted by molar-refractivity contribution is -0.140. The van der Waals surface area contributed by atoms with E-state index in [9.17, 15) is 14.4 Å². The van der Waals surface area contributed by atoms with E-state index in [1.165, 1.54) is 4.90 Å². The third-order valence-electron chi connectivity index (χ3n) is 5.11. The predicted octanol–water partition coefficient (Wildman–Crippen LogP) is 4.02. The van der Waals surface area contributed by atoms with Crippen LogP contribution in [0.2, 0.25) is 0 Å². The molecule has 1 rings (SSSR count). The van der Waals surface area contributed by atoms with Crippen LogP contribution >= 0.6 is 0 Å². The van der Waals surface area contributed by atoms with E-state index in [2.05, 4.69) is 17.6 Å². The molecule has 3 amide bonds. The van der Waals surface area contributed by atoms with Crippen LogP contribution in [0.1, 0.15) is 76.6 Å². The fraction of sp³-hybridized carbons (Fsp3) is 0.625. The number of carbonyl (C=O) groups excluding carboxylic acids is 3. The van der Waals surface area contributed by atoms with Gasteiger partial charge in [0.25, 0.3) is 0 Å². The number of hydrogen-bond donors (Lipinski definition) is 2. The van der Waals surface area contributed by atoms with Crippen molar-refractivity contribution in [1.82, 2.24) is 15.5 Å². The van der Waals surface area contributed by atoms with Crippen LogP contribution in [0.15, 0.2) is 18.2 Å². The minimum Gasteiger partial charge on any atom is -0.444 e. The van der Waals surface area contributed by atoms with E-state index in [1.54, 1.807) is 34.7 Å². The van der Waals surface area contributed by atoms with Gasteiger partial charge in [-0.15, -0.1) is 0 Å². The van der Waals surface area contributed by atoms with Gasteiger partial charge < -0.3 is 20.3 Å². The lowest BCUT2D eigenvalue weighted by Crippen LogP contribution is -2.50. The van der Waals surface area contributed by atoms with E-state index in [-0.39, 0.29) is 11.8 Å². The third kappa shape index (κ3) is 8.23. The second-order valence-electron chi connectivity index (χ2n) is 9.01. The van der Waals surface area contributed by atoms with Crippen LogP contribution in [0.25, 0.3) is 0 Å². The van der Waals surface area contributed by atoms with Gasteiger partial charge in [-0.05, 0) is 64.7 Å². The largest absolute Gasteiger partial charge is 0.444 e. The first kappa shape index (κ1) is 26.5. The molecule has 2 unspecified atom stereocenters. The Morgan fingerprint density at radius 1 is 1.13 bits per heavy atom. The molecule has 2 atom stereocenters. The molecule has 0 spiro atoms. The Balaban J connectivity index is 3.08. The summed E-state index contributed by atoms with van der Waals surface area (Å²) in [5, 5.41) is 5.53. The van der Waals surface area contributed by atoms with Crippen molar-refractivity contribution < 1.29 is 19.1 Å². The van der Waals surface area contributed by atoms with Crippen molar-refractivity contribution in [3.63, 3.8) is 0 Å². The molecule has 0 aliphatic carbocycles. The maximum atomic E-state index is 13.1. The fourth-order valence-corrected chi connectivity index (χ4v) is 3.26. The smallest absolute Gasteiger partial charge is 0.408 e. The molecular formula is C24H39N3O4. The number of carbonyl (C=O) groups is 3. The molecule has 2 N–H and O–H groups in total. The summed E-state index contributed by atoms with van der Waals surface area (Å²) in [5.74, 6) is -0.606. The molecule has 174 valence electrons. The van der Waals surface area contributed by atoms with E-state index in [0.29, 0.717) is 6.54 Å². The monoisotopic (exact) mass is 433 g/mol. The zero-order valence-corrected chi connectivity index (χ0v) is 20.3. The highest BCUT2D eigenvalue weighted by Gasteiger charge is 2.33. The van der Waals surface area contributed by atoms with Gasteiger partial charge in [0.15, 0.2) is 0 Å². The first-order valence-electron chi connectivity index (χ1n) is 11.0. The van der Waals surface area contributed by atoms with Crippen molar-refractivity contribution in [2.75, 3.05) is 13.6 Å². The maximum Gasteiger partial charge on any atom is 0.408 e. The molecule has 0 aliphatic heterocycles. The van der Waals surface area contributed by atoms with Crippen LogP contribution < -0.4 is 10.6 Å². The lowest BCUT2D eigenvalue weighted by atomic mass is 9.95. The molecule has 7 nitrogen and oxygen atoms in total. The second kappa shape index (κ2) is 11.7. The minimum absolute atomic E-state index is 0.231. The normalized spacial score (nSPS) is 13.2. The highest BCUT2D eigenvalue weighted by molar-refractivity contribution is 5.92. The Morgan fingerprint density at radius 3 is 2.35 bits per heavy atom. The molecule has 0 bridgehead atoms. The number of unbranched alkanes of at least 4 members (excludes halogenated alkanes) is 2. The number of hydrogen-bond acceptors (Lipinski definition) is 4. The number of alkyl carbamates (subject to hydrolysis) is 1. The van der Waals surface area contributed by atoms with E-state index < -0.39 is 23.8 Å². The summed E-state index contributed by atoms with van der Waals surface area (Å²) in [4.78, 5) is 39.7. The van der Waals surface area contributed by atoms with Gasteiger partial charge >= 0.3 is 6.09 Å². The summed E-state index contributed by atoms with van der Waals surface area (Å²) in [6.45, 7) is 13.4. The van der Waals surface area contributed by atoms with Gasteiger partial charge in [0, 0.05) is 13.6 Å². The lowest BCUT2D eigenvalue weighted by Gasteiger charge is -2.31. The van der Waals surface area contributed by atoms with Crippen LogP contribution in [0.4, 0.5) is 4.79 Å². The highest BCUT2D eigenvalue weighted by atomic mass is 16.6. The van der Waals surface area contributed by atoms with Crippen molar-refractivity contribution in [2.45, 2.75) is 85.4 Å². The predicted molar refractivity (Wildman–Crippen MR) is 123 cm³/mol. The quantitative estimate of drug-likeness (QED) is 0.576. The van der Waals surface area contributed by atoms with Crippen molar-refractivity contribution >= 4 is 17.9 Å². The number of nitrogens with one attached hydrogen (secondary N) is 2. The summed E-state index contributed by atoms with van der Waals surface area (Å²) >= 11 is 0. The second-order valence-corrected chi connectivity index (χ2v) is 9.01. The molecule has 0 fully saturated rings. The van der Waals surface area contributed by atoms with E-state index in [1.807, 2.05) is 32.0 Å². The first-order valence-corrected chi connectivity index (χ1v) is 11.0. The number of amides is 3. The Kier molecular flexibility index (Phi) is 10.0. The van der Waals surface area contributed by atoms with Crippen molar-refractivity contribution in [3.8, 4) is 0 Å². The van der Waals surface area contributed by atoms with E-state index >= 15 is 0 Å². The van der Waals surface area contributed by atoms with Crippen LogP contribution in [-0.4, -0.2) is 48.0 Å². The van der Waals surface area contributed by atoms with Gasteiger partial charge in [0.2, 0.25) is 11.8 Å². The summed E-state index contributed by atoms with van der Waals surface area (Å²) in [7, 11) is 1.59. The number of likely N-dealkylation sites (N-methyl/N-ethyl adjacent to an activating group) is 1. The van der Waals surface area contributed by atoms with Crippen LogP contribution in [0.3, 0.4) is 0 Å². The molecule has 7 heteroatoms. The average Bonchev–Trinajstić information content (AvgIpc) is 2.66. The molecule has 31 heavy (non-hydrogen) atoms. The molecule has 0 saturated heterocycles. The Hall–Kier alpha value is -2.57. The minimum atomic E-state index is -0.847. The van der Waals surface area contributed by atoms with Crippen LogP contribution in [0, 0.1) is 13.8 Å². The zero-order chi connectivity index (χ0) is 23.8. The fourth-order valence-electron chi connectivity index (χ4n) is 3.26. The van der Waals surface area contributed by atoms with Crippen molar-refractivity contribution in [1.29, 1.82) is 0 Å². The molecule has 0 heterocycles. The van der Waals surface area contributed by atoms with Gasteiger partial charge in [-0.2, -0.15) is 0 Å². The topological polar surface area (TPSA) is 87.7 Å². The Bertz CT molecular complexity index is 771. The summed E-state index contributed by atoms with van der Waals surface area (Å²) in [6.07, 6.45) is 2.30. The molecule has 0 saturated carbocycles. The molecule has 0 aliphatic rings. The van der Waals surface area contributed by atoms with Gasteiger partial charge in [0.1, 0.15) is 17.7 Å². The summed E-state index contributed by atoms with van der Waals surface area (Å²) in [5.41, 5.74) is 2.11. The summed E-state index contributed by atoms with van der Waals surface area (Å²) in [6, 6.07) is 4.09. The average molecular weight is 434 g/mol. The molecule has 0 radical (unpaired) electrons. The molecule has 0 aromatic heterocycles. The SMILES string of the molecule is CCCCCNC(=O)C(c1cccc(C)c1C)N(C)C(=O)C(C)NC(=O)OC(C)(C)C. The van der Waals surface area contributed by atoms with Gasteiger partial charge in [-0.3, -0.25) is 9.59 Å². The number of rotatable bonds is 9. The van der Waals surface area contributed by atoms with E-state index in [0.717, 1.165) is 36.0 Å². The van der Waals surface area contributed by atoms with Gasteiger partial charge in [0.05, 0.1) is 0 Å². The third-order valence-corrected chi connectivity index (χ3v) is 5.11. The standard InChI is InChI=1S/C24H39N3O4/c1-9-10-11-15-25-21(28)20(19-14-12-13-16(2)17(19)3)27(8)22(29)18(4)26-23(30)31-24(5,6)7/h12-14,18,20H,9-11,15H2,1-8H3,(H,25,28)(H,26,30). The first-order chi connectivity index (χ1) is 14.4. The molecule has 1 aromatic rings. The zero-order valence-electron chi connectivity index (χ0n) is 20.3. The maximum absolute atomic E-state index is 13.1. The number of aryl methyl sites for hydroxylation is 1. The number of ether oxygens (including phenoxy) is 1. The summed E-state index contributed by atoms with van der Waals surface area (Å²) < 4.78 is 5.24. The number of benzene rings is 1. The van der Waals surface area contributed by atoms with E-state index in [4.69, 9.17) is 4.74 Å². The van der Waals surface area contributed by atoms with Gasteiger partial charge in [-0.25, -0.2) is 4.79 Å². The van der Waals surface area contributed by atoms with Crippen LogP contribution in [-0.2, 0) is 14.3 Å². The number of nitrogens with zero attached hydrogens (tertiary/aromatic N) is 1. The Morgan fingerprint density at radius 2 is 1.77 bits per heavy atom. The molecule has 1 aromatic carbocycles. The van der Waals surface area contributed by atoms with Crippen molar-refractivity contribution in [3.05, 3.63) is 34.9 Å².